The Morgan fingerprint density at radius 3 is 2.52 bits per heavy atom. The van der Waals surface area contributed by atoms with Gasteiger partial charge in [0.05, 0.1) is 11.8 Å². The van der Waals surface area contributed by atoms with Crippen molar-refractivity contribution in [2.75, 3.05) is 17.3 Å². The molecule has 2 rings (SSSR count). The van der Waals surface area contributed by atoms with Gasteiger partial charge in [0, 0.05) is 23.0 Å². The third-order valence-electron chi connectivity index (χ3n) is 3.56. The van der Waals surface area contributed by atoms with Gasteiger partial charge < -0.3 is 15.8 Å². The molecule has 2 aromatic rings. The SMILES string of the molecule is CS(=O)(=O)CCC(N)C(=O)Nc1cccc(OCc2ccc(Cl)cc2)c1.Cl. The van der Waals surface area contributed by atoms with Crippen LogP contribution in [0.5, 0.6) is 5.75 Å². The predicted molar refractivity (Wildman–Crippen MR) is 110 cm³/mol. The van der Waals surface area contributed by atoms with E-state index >= 15 is 0 Å². The molecule has 0 aliphatic heterocycles. The number of nitrogens with two attached hydrogens (primary N) is 1. The van der Waals surface area contributed by atoms with Crippen LogP contribution in [0.1, 0.15) is 12.0 Å². The second-order valence-electron chi connectivity index (χ2n) is 5.96. The second kappa shape index (κ2) is 10.5. The fourth-order valence-corrected chi connectivity index (χ4v) is 2.93. The van der Waals surface area contributed by atoms with Gasteiger partial charge in [-0.25, -0.2) is 8.42 Å². The van der Waals surface area contributed by atoms with Gasteiger partial charge >= 0.3 is 0 Å². The first-order chi connectivity index (χ1) is 12.2. The van der Waals surface area contributed by atoms with E-state index in [9.17, 15) is 13.2 Å². The molecule has 0 aliphatic rings. The molecular formula is C18H22Cl2N2O4S. The Balaban J connectivity index is 0.00000364. The molecular weight excluding hydrogens is 411 g/mol. The van der Waals surface area contributed by atoms with Gasteiger partial charge in [-0.05, 0) is 36.2 Å². The van der Waals surface area contributed by atoms with Gasteiger partial charge in [0.15, 0.2) is 0 Å². The first-order valence-corrected chi connectivity index (χ1v) is 10.4. The second-order valence-corrected chi connectivity index (χ2v) is 8.65. The van der Waals surface area contributed by atoms with Gasteiger partial charge in [0.2, 0.25) is 5.91 Å². The van der Waals surface area contributed by atoms with Gasteiger partial charge in [-0.3, -0.25) is 4.79 Å². The summed E-state index contributed by atoms with van der Waals surface area (Å²) >= 11 is 5.85. The highest BCUT2D eigenvalue weighted by molar-refractivity contribution is 7.90. The fraction of sp³-hybridized carbons (Fsp3) is 0.278. The number of rotatable bonds is 8. The summed E-state index contributed by atoms with van der Waals surface area (Å²) in [6, 6.07) is 13.3. The number of sulfone groups is 1. The van der Waals surface area contributed by atoms with Crippen LogP contribution in [0.15, 0.2) is 48.5 Å². The Morgan fingerprint density at radius 2 is 1.89 bits per heavy atom. The van der Waals surface area contributed by atoms with Crippen LogP contribution >= 0.6 is 24.0 Å². The molecule has 0 saturated heterocycles. The minimum atomic E-state index is -3.16. The topological polar surface area (TPSA) is 98.5 Å². The van der Waals surface area contributed by atoms with E-state index in [0.29, 0.717) is 23.1 Å². The summed E-state index contributed by atoms with van der Waals surface area (Å²) in [5.74, 6) is 0.0113. The molecule has 1 atom stereocenters. The molecule has 1 amide bonds. The lowest BCUT2D eigenvalue weighted by atomic mass is 10.2. The third kappa shape index (κ3) is 8.62. The Labute approximate surface area is 170 Å². The summed E-state index contributed by atoms with van der Waals surface area (Å²) in [4.78, 5) is 12.1. The molecule has 0 bridgehead atoms. The number of hydrogen-bond donors (Lipinski definition) is 2. The predicted octanol–water partition coefficient (Wildman–Crippen LogP) is 3.04. The van der Waals surface area contributed by atoms with Gasteiger partial charge in [0.25, 0.3) is 0 Å². The highest BCUT2D eigenvalue weighted by atomic mass is 35.5. The fourth-order valence-electron chi connectivity index (χ4n) is 2.12. The number of nitrogens with one attached hydrogen (secondary N) is 1. The molecule has 0 radical (unpaired) electrons. The first kappa shape index (κ1) is 23.2. The average molecular weight is 433 g/mol. The average Bonchev–Trinajstić information content (AvgIpc) is 2.59. The Hall–Kier alpha value is -1.80. The van der Waals surface area contributed by atoms with E-state index in [1.807, 2.05) is 12.1 Å². The van der Waals surface area contributed by atoms with Crippen LogP contribution in [0.25, 0.3) is 0 Å². The van der Waals surface area contributed by atoms with Crippen LogP contribution in [0, 0.1) is 0 Å². The van der Waals surface area contributed by atoms with Crippen molar-refractivity contribution in [1.82, 2.24) is 0 Å². The Bertz CT molecular complexity index is 858. The normalized spacial score (nSPS) is 12.0. The van der Waals surface area contributed by atoms with Gasteiger partial charge in [-0.1, -0.05) is 29.8 Å². The van der Waals surface area contributed by atoms with Crippen molar-refractivity contribution in [2.45, 2.75) is 19.1 Å². The lowest BCUT2D eigenvalue weighted by Crippen LogP contribution is -2.37. The van der Waals surface area contributed by atoms with Crippen LogP contribution < -0.4 is 15.8 Å². The minimum absolute atomic E-state index is 0. The molecule has 0 aromatic heterocycles. The smallest absolute Gasteiger partial charge is 0.241 e. The Kier molecular flexibility index (Phi) is 9.05. The molecule has 1 unspecified atom stereocenters. The molecule has 0 heterocycles. The summed E-state index contributed by atoms with van der Waals surface area (Å²) < 4.78 is 28.0. The number of amides is 1. The largest absolute Gasteiger partial charge is 0.489 e. The van der Waals surface area contributed by atoms with E-state index in [-0.39, 0.29) is 24.6 Å². The lowest BCUT2D eigenvalue weighted by Gasteiger charge is -2.13. The summed E-state index contributed by atoms with van der Waals surface area (Å²) in [7, 11) is -3.16. The first-order valence-electron chi connectivity index (χ1n) is 7.94. The van der Waals surface area contributed by atoms with Crippen LogP contribution in [-0.4, -0.2) is 32.4 Å². The molecule has 6 nitrogen and oxygen atoms in total. The highest BCUT2D eigenvalue weighted by Crippen LogP contribution is 2.19. The molecule has 0 fully saturated rings. The van der Waals surface area contributed by atoms with E-state index in [1.54, 1.807) is 36.4 Å². The number of hydrogen-bond acceptors (Lipinski definition) is 5. The molecule has 0 aliphatic carbocycles. The van der Waals surface area contributed by atoms with Crippen molar-refractivity contribution >= 4 is 45.4 Å². The number of halogens is 2. The van der Waals surface area contributed by atoms with Crippen molar-refractivity contribution < 1.29 is 17.9 Å². The maximum atomic E-state index is 12.1. The van der Waals surface area contributed by atoms with Crippen LogP contribution in [0.2, 0.25) is 5.02 Å². The molecule has 0 spiro atoms. The summed E-state index contributed by atoms with van der Waals surface area (Å²) in [5.41, 5.74) is 7.23. The van der Waals surface area contributed by atoms with Crippen LogP contribution in [0.3, 0.4) is 0 Å². The standard InChI is InChI=1S/C18H21ClN2O4S.ClH/c1-26(23,24)10-9-17(20)18(22)21-15-3-2-4-16(11-15)25-12-13-5-7-14(19)8-6-13;/h2-8,11,17H,9-10,12,20H2,1H3,(H,21,22);1H. The van der Waals surface area contributed by atoms with Crippen molar-refractivity contribution in [3.63, 3.8) is 0 Å². The molecule has 2 aromatic carbocycles. The van der Waals surface area contributed by atoms with Crippen molar-refractivity contribution in [3.05, 3.63) is 59.1 Å². The zero-order valence-electron chi connectivity index (χ0n) is 14.7. The minimum Gasteiger partial charge on any atom is -0.489 e. The van der Waals surface area contributed by atoms with E-state index < -0.39 is 21.8 Å². The van der Waals surface area contributed by atoms with Crippen LogP contribution in [0.4, 0.5) is 5.69 Å². The Morgan fingerprint density at radius 1 is 1.22 bits per heavy atom. The maximum Gasteiger partial charge on any atom is 0.241 e. The maximum absolute atomic E-state index is 12.1. The lowest BCUT2D eigenvalue weighted by molar-refractivity contribution is -0.117. The van der Waals surface area contributed by atoms with E-state index in [1.165, 1.54) is 0 Å². The van der Waals surface area contributed by atoms with Gasteiger partial charge in [-0.15, -0.1) is 12.4 Å². The zero-order chi connectivity index (χ0) is 19.2. The molecule has 148 valence electrons. The molecule has 0 saturated carbocycles. The monoisotopic (exact) mass is 432 g/mol. The summed E-state index contributed by atoms with van der Waals surface area (Å²) in [6.45, 7) is 0.364. The van der Waals surface area contributed by atoms with Crippen molar-refractivity contribution in [1.29, 1.82) is 0 Å². The number of carbonyl (C=O) groups excluding carboxylic acids is 1. The number of carbonyl (C=O) groups is 1. The quantitative estimate of drug-likeness (QED) is 0.667. The van der Waals surface area contributed by atoms with Gasteiger partial charge in [0.1, 0.15) is 22.2 Å². The molecule has 3 N–H and O–H groups in total. The molecule has 9 heteroatoms. The van der Waals surface area contributed by atoms with Crippen molar-refractivity contribution in [3.8, 4) is 5.75 Å². The molecule has 27 heavy (non-hydrogen) atoms. The van der Waals surface area contributed by atoms with E-state index in [4.69, 9.17) is 22.1 Å². The van der Waals surface area contributed by atoms with E-state index in [0.717, 1.165) is 11.8 Å². The zero-order valence-corrected chi connectivity index (χ0v) is 17.1. The number of ether oxygens (including phenoxy) is 1. The number of benzene rings is 2. The highest BCUT2D eigenvalue weighted by Gasteiger charge is 2.16. The van der Waals surface area contributed by atoms with Gasteiger partial charge in [-0.2, -0.15) is 0 Å². The summed E-state index contributed by atoms with van der Waals surface area (Å²) in [6.07, 6.45) is 1.18. The van der Waals surface area contributed by atoms with E-state index in [2.05, 4.69) is 5.32 Å². The van der Waals surface area contributed by atoms with Crippen LogP contribution in [-0.2, 0) is 21.2 Å². The summed E-state index contributed by atoms with van der Waals surface area (Å²) in [5, 5.41) is 3.33. The number of anilines is 1. The third-order valence-corrected chi connectivity index (χ3v) is 4.79. The van der Waals surface area contributed by atoms with Crippen molar-refractivity contribution in [2.24, 2.45) is 5.73 Å².